The number of carbonyl (C=O) groups excluding carboxylic acids is 2. The molecule has 0 saturated carbocycles. The minimum Gasteiger partial charge on any atom is -0.408 e. The zero-order valence-corrected chi connectivity index (χ0v) is 14.4. The summed E-state index contributed by atoms with van der Waals surface area (Å²) in [5, 5.41) is 0. The van der Waals surface area contributed by atoms with E-state index >= 15 is 0 Å². The van der Waals surface area contributed by atoms with E-state index in [0.717, 1.165) is 0 Å². The summed E-state index contributed by atoms with van der Waals surface area (Å²) in [4.78, 5) is 37.2. The van der Waals surface area contributed by atoms with Gasteiger partial charge in [-0.25, -0.2) is 9.18 Å². The normalized spacial score (nSPS) is 10.9. The third-order valence-corrected chi connectivity index (χ3v) is 4.14. The monoisotopic (exact) mass is 371 g/mol. The molecule has 1 heterocycles. The summed E-state index contributed by atoms with van der Waals surface area (Å²) in [6.07, 6.45) is -0.0305. The fourth-order valence-electron chi connectivity index (χ4n) is 2.81. The fraction of sp³-hybridized carbons (Fsp3) is 0.211. The molecule has 0 aliphatic rings. The van der Waals surface area contributed by atoms with Crippen LogP contribution in [0.2, 0.25) is 0 Å². The van der Waals surface area contributed by atoms with Crippen molar-refractivity contribution in [1.29, 1.82) is 0 Å². The molecule has 2 aromatic carbocycles. The number of anilines is 1. The van der Waals surface area contributed by atoms with E-state index in [4.69, 9.17) is 10.2 Å². The maximum atomic E-state index is 13.2. The molecule has 3 aromatic rings. The summed E-state index contributed by atoms with van der Waals surface area (Å²) >= 11 is 0. The molecule has 27 heavy (non-hydrogen) atoms. The van der Waals surface area contributed by atoms with Gasteiger partial charge in [0.15, 0.2) is 5.58 Å². The predicted molar refractivity (Wildman–Crippen MR) is 97.7 cm³/mol. The van der Waals surface area contributed by atoms with Crippen LogP contribution in [0.1, 0.15) is 12.8 Å². The number of oxazole rings is 1. The van der Waals surface area contributed by atoms with E-state index in [9.17, 15) is 18.8 Å². The van der Waals surface area contributed by atoms with Crippen molar-refractivity contribution in [3.8, 4) is 0 Å². The van der Waals surface area contributed by atoms with E-state index in [0.29, 0.717) is 16.8 Å². The Hall–Kier alpha value is -3.42. The van der Waals surface area contributed by atoms with E-state index < -0.39 is 17.5 Å². The smallest absolute Gasteiger partial charge is 0.408 e. The van der Waals surface area contributed by atoms with Crippen molar-refractivity contribution in [2.75, 3.05) is 11.4 Å². The molecule has 0 saturated heterocycles. The highest BCUT2D eigenvalue weighted by molar-refractivity contribution is 5.94. The van der Waals surface area contributed by atoms with Crippen molar-refractivity contribution in [3.63, 3.8) is 0 Å². The van der Waals surface area contributed by atoms with Crippen LogP contribution >= 0.6 is 0 Å². The van der Waals surface area contributed by atoms with Crippen LogP contribution in [-0.2, 0) is 16.1 Å². The Labute approximate surface area is 153 Å². The molecule has 0 spiro atoms. The van der Waals surface area contributed by atoms with E-state index in [2.05, 4.69) is 0 Å². The summed E-state index contributed by atoms with van der Waals surface area (Å²) in [5.41, 5.74) is 6.67. The van der Waals surface area contributed by atoms with Crippen molar-refractivity contribution in [1.82, 2.24) is 4.57 Å². The number of para-hydroxylation sites is 2. The minimum absolute atomic E-state index is 0.000424. The Kier molecular flexibility index (Phi) is 5.35. The lowest BCUT2D eigenvalue weighted by Crippen LogP contribution is -2.35. The number of hydrogen-bond acceptors (Lipinski definition) is 4. The van der Waals surface area contributed by atoms with E-state index in [1.807, 2.05) is 0 Å². The highest BCUT2D eigenvalue weighted by Crippen LogP contribution is 2.18. The van der Waals surface area contributed by atoms with E-state index in [1.54, 1.807) is 24.3 Å². The van der Waals surface area contributed by atoms with Crippen molar-refractivity contribution in [2.45, 2.75) is 19.4 Å². The number of aromatic nitrogens is 1. The van der Waals surface area contributed by atoms with Gasteiger partial charge in [0.1, 0.15) is 5.82 Å². The zero-order valence-electron chi connectivity index (χ0n) is 14.4. The number of amides is 2. The average molecular weight is 371 g/mol. The number of benzene rings is 2. The third-order valence-electron chi connectivity index (χ3n) is 4.14. The molecule has 1 aromatic heterocycles. The number of nitrogens with zero attached hydrogens (tertiary/aromatic N) is 2. The van der Waals surface area contributed by atoms with Gasteiger partial charge in [0, 0.05) is 31.6 Å². The second-order valence-corrected chi connectivity index (χ2v) is 5.98. The first kappa shape index (κ1) is 18.4. The second-order valence-electron chi connectivity index (χ2n) is 5.98. The Morgan fingerprint density at radius 3 is 2.48 bits per heavy atom. The Morgan fingerprint density at radius 2 is 1.78 bits per heavy atom. The van der Waals surface area contributed by atoms with Crippen LogP contribution in [0.5, 0.6) is 0 Å². The van der Waals surface area contributed by atoms with Gasteiger partial charge in [-0.2, -0.15) is 0 Å². The van der Waals surface area contributed by atoms with Gasteiger partial charge in [-0.15, -0.1) is 0 Å². The molecule has 7 nitrogen and oxygen atoms in total. The van der Waals surface area contributed by atoms with Gasteiger partial charge in [-0.05, 0) is 36.4 Å². The highest BCUT2D eigenvalue weighted by atomic mass is 19.1. The first-order valence-electron chi connectivity index (χ1n) is 8.38. The number of nitrogens with two attached hydrogens (primary N) is 1. The molecule has 2 amide bonds. The number of aryl methyl sites for hydroxylation is 1. The van der Waals surface area contributed by atoms with Gasteiger partial charge in [-0.1, -0.05) is 12.1 Å². The molecule has 0 bridgehead atoms. The summed E-state index contributed by atoms with van der Waals surface area (Å²) in [5.74, 6) is -1.85. The van der Waals surface area contributed by atoms with Crippen LogP contribution in [-0.4, -0.2) is 22.9 Å². The van der Waals surface area contributed by atoms with Crippen molar-refractivity contribution in [2.24, 2.45) is 5.73 Å². The molecule has 0 aliphatic heterocycles. The van der Waals surface area contributed by atoms with Gasteiger partial charge < -0.3 is 15.1 Å². The largest absolute Gasteiger partial charge is 0.419 e. The number of primary amides is 1. The molecule has 0 radical (unpaired) electrons. The highest BCUT2D eigenvalue weighted by Gasteiger charge is 2.18. The van der Waals surface area contributed by atoms with Gasteiger partial charge >= 0.3 is 5.76 Å². The van der Waals surface area contributed by atoms with Gasteiger partial charge in [0.25, 0.3) is 0 Å². The van der Waals surface area contributed by atoms with E-state index in [1.165, 1.54) is 33.7 Å². The number of fused-ring (bicyclic) bond motifs is 1. The van der Waals surface area contributed by atoms with Gasteiger partial charge in [-0.3, -0.25) is 14.2 Å². The number of halogens is 1. The molecule has 8 heteroatoms. The topological polar surface area (TPSA) is 98.5 Å². The minimum atomic E-state index is -0.549. The average Bonchev–Trinajstić information content (AvgIpc) is 2.96. The molecule has 2 N–H and O–H groups in total. The summed E-state index contributed by atoms with van der Waals surface area (Å²) < 4.78 is 19.7. The molecule has 3 rings (SSSR count). The first-order valence-corrected chi connectivity index (χ1v) is 8.38. The Bertz CT molecular complexity index is 1020. The number of rotatable bonds is 7. The summed E-state index contributed by atoms with van der Waals surface area (Å²) in [6, 6.07) is 12.3. The molecular weight excluding hydrogens is 353 g/mol. The SMILES string of the molecule is NC(=O)CCN(C(=O)CCn1c(=O)oc2ccccc21)c1ccc(F)cc1. The molecule has 140 valence electrons. The first-order chi connectivity index (χ1) is 13.0. The molecule has 0 atom stereocenters. The maximum absolute atomic E-state index is 13.2. The summed E-state index contributed by atoms with van der Waals surface area (Å²) in [7, 11) is 0. The van der Waals surface area contributed by atoms with E-state index in [-0.39, 0.29) is 31.8 Å². The fourth-order valence-corrected chi connectivity index (χ4v) is 2.81. The lowest BCUT2D eigenvalue weighted by Gasteiger charge is -2.22. The van der Waals surface area contributed by atoms with Crippen LogP contribution < -0.4 is 16.4 Å². The zero-order chi connectivity index (χ0) is 19.4. The van der Waals surface area contributed by atoms with Crippen LogP contribution in [0.15, 0.2) is 57.7 Å². The molecular formula is C19H18FN3O4. The quantitative estimate of drug-likeness (QED) is 0.687. The molecule has 0 fully saturated rings. The van der Waals surface area contributed by atoms with Crippen molar-refractivity contribution >= 4 is 28.6 Å². The van der Waals surface area contributed by atoms with Gasteiger partial charge in [0.05, 0.1) is 5.52 Å². The second kappa shape index (κ2) is 7.86. The number of hydrogen-bond donors (Lipinski definition) is 1. The molecule has 0 unspecified atom stereocenters. The van der Waals surface area contributed by atoms with Crippen molar-refractivity contribution < 1.29 is 18.4 Å². The Balaban J connectivity index is 1.79. The summed E-state index contributed by atoms with van der Waals surface area (Å²) in [6.45, 7) is 0.184. The van der Waals surface area contributed by atoms with Gasteiger partial charge in [0.2, 0.25) is 11.8 Å². The third kappa shape index (κ3) is 4.22. The van der Waals surface area contributed by atoms with Crippen LogP contribution in [0.4, 0.5) is 10.1 Å². The van der Waals surface area contributed by atoms with Crippen LogP contribution in [0, 0.1) is 5.82 Å². The Morgan fingerprint density at radius 1 is 1.07 bits per heavy atom. The predicted octanol–water partition coefficient (Wildman–Crippen LogP) is 2.03. The van der Waals surface area contributed by atoms with Crippen LogP contribution in [0.3, 0.4) is 0 Å². The molecule has 0 aliphatic carbocycles. The van der Waals surface area contributed by atoms with Crippen molar-refractivity contribution in [3.05, 3.63) is 64.9 Å². The van der Waals surface area contributed by atoms with Crippen LogP contribution in [0.25, 0.3) is 11.1 Å². The number of carbonyl (C=O) groups is 2. The maximum Gasteiger partial charge on any atom is 0.419 e. The standard InChI is InChI=1S/C19H18FN3O4/c20-13-5-7-14(8-6-13)22(11-9-17(21)24)18(25)10-12-23-15-3-1-2-4-16(15)27-19(23)26/h1-8H,9-12H2,(H2,21,24). The lowest BCUT2D eigenvalue weighted by molar-refractivity contribution is -0.119. The lowest BCUT2D eigenvalue weighted by atomic mass is 10.2.